The van der Waals surface area contributed by atoms with E-state index in [-0.39, 0.29) is 18.2 Å². The van der Waals surface area contributed by atoms with E-state index in [2.05, 4.69) is 20.6 Å². The van der Waals surface area contributed by atoms with Crippen molar-refractivity contribution in [2.45, 2.75) is 19.0 Å². The fraction of sp³-hybridized carbons (Fsp3) is 0.125. The normalized spacial score (nSPS) is 11.7. The van der Waals surface area contributed by atoms with Gasteiger partial charge in [0.15, 0.2) is 0 Å². The summed E-state index contributed by atoms with van der Waals surface area (Å²) < 4.78 is 0. The molecule has 0 fully saturated rings. The van der Waals surface area contributed by atoms with Gasteiger partial charge in [0.2, 0.25) is 5.91 Å². The molecule has 0 saturated carbocycles. The number of amides is 2. The smallest absolute Gasteiger partial charge is 0.251 e. The molecule has 0 spiro atoms. The van der Waals surface area contributed by atoms with Crippen molar-refractivity contribution < 1.29 is 9.59 Å². The lowest BCUT2D eigenvalue weighted by molar-refractivity contribution is -0.121. The van der Waals surface area contributed by atoms with E-state index in [1.54, 1.807) is 12.1 Å². The van der Waals surface area contributed by atoms with Crippen LogP contribution in [0.2, 0.25) is 0 Å². The first-order valence-corrected chi connectivity index (χ1v) is 9.80. The topological polar surface area (TPSA) is 86.9 Å². The van der Waals surface area contributed by atoms with Crippen molar-refractivity contribution in [1.29, 1.82) is 0 Å². The van der Waals surface area contributed by atoms with Gasteiger partial charge in [-0.15, -0.1) is 0 Å². The zero-order chi connectivity index (χ0) is 20.8. The number of H-pyrrole nitrogens is 1. The minimum absolute atomic E-state index is 0.128. The summed E-state index contributed by atoms with van der Waals surface area (Å²) in [5, 5.41) is 5.87. The van der Waals surface area contributed by atoms with E-state index < -0.39 is 6.04 Å². The first-order chi connectivity index (χ1) is 14.7. The van der Waals surface area contributed by atoms with Gasteiger partial charge in [0.1, 0.15) is 5.82 Å². The van der Waals surface area contributed by atoms with Crippen LogP contribution in [0, 0.1) is 0 Å². The monoisotopic (exact) mass is 398 g/mol. The van der Waals surface area contributed by atoms with E-state index in [4.69, 9.17) is 0 Å². The molecule has 0 aliphatic carbocycles. The first-order valence-electron chi connectivity index (χ1n) is 9.80. The number of benzene rings is 3. The summed E-state index contributed by atoms with van der Waals surface area (Å²) in [6.45, 7) is 0.293. The third kappa shape index (κ3) is 4.72. The zero-order valence-corrected chi connectivity index (χ0v) is 16.3. The highest BCUT2D eigenvalue weighted by Crippen LogP contribution is 2.18. The van der Waals surface area contributed by atoms with Crippen LogP contribution in [0.5, 0.6) is 0 Å². The summed E-state index contributed by atoms with van der Waals surface area (Å²) in [7, 11) is 0. The lowest BCUT2D eigenvalue weighted by Crippen LogP contribution is -2.33. The maximum atomic E-state index is 12.6. The molecule has 1 atom stereocenters. The Morgan fingerprint density at radius 3 is 2.27 bits per heavy atom. The standard InChI is InChI=1S/C24H22N4O2/c29-23(25-16-22-26-19-13-7-8-14-20(19)27-22)15-21(17-9-3-1-4-10-17)28-24(30)18-11-5-2-6-12-18/h1-14,21H,15-16H2,(H,25,29)(H,26,27)(H,28,30). The Hall–Kier alpha value is -3.93. The van der Waals surface area contributed by atoms with Crippen molar-refractivity contribution in [2.24, 2.45) is 0 Å². The van der Waals surface area contributed by atoms with Crippen molar-refractivity contribution in [1.82, 2.24) is 20.6 Å². The molecule has 3 aromatic carbocycles. The molecule has 4 aromatic rings. The number of nitrogens with one attached hydrogen (secondary N) is 3. The molecule has 1 heterocycles. The van der Waals surface area contributed by atoms with E-state index in [1.165, 1.54) is 0 Å². The zero-order valence-electron chi connectivity index (χ0n) is 16.3. The molecule has 0 radical (unpaired) electrons. The van der Waals surface area contributed by atoms with Crippen molar-refractivity contribution >= 4 is 22.8 Å². The van der Waals surface area contributed by atoms with Crippen LogP contribution in [0.25, 0.3) is 11.0 Å². The number of rotatable bonds is 7. The van der Waals surface area contributed by atoms with Gasteiger partial charge in [0.25, 0.3) is 5.91 Å². The fourth-order valence-electron chi connectivity index (χ4n) is 3.30. The summed E-state index contributed by atoms with van der Waals surface area (Å²) >= 11 is 0. The van der Waals surface area contributed by atoms with Gasteiger partial charge in [-0.05, 0) is 29.8 Å². The van der Waals surface area contributed by atoms with Gasteiger partial charge in [0.05, 0.1) is 30.0 Å². The molecule has 150 valence electrons. The minimum atomic E-state index is -0.436. The predicted octanol–water partition coefficient (Wildman–Crippen LogP) is 3.74. The Bertz CT molecular complexity index is 1110. The number of imidazole rings is 1. The minimum Gasteiger partial charge on any atom is -0.349 e. The number of para-hydroxylation sites is 2. The number of aromatic nitrogens is 2. The molecule has 4 rings (SSSR count). The lowest BCUT2D eigenvalue weighted by Gasteiger charge is -2.19. The second-order valence-electron chi connectivity index (χ2n) is 6.98. The van der Waals surface area contributed by atoms with Crippen LogP contribution in [0.15, 0.2) is 84.9 Å². The van der Waals surface area contributed by atoms with Crippen LogP contribution < -0.4 is 10.6 Å². The number of carbonyl (C=O) groups excluding carboxylic acids is 2. The average Bonchev–Trinajstić information content (AvgIpc) is 3.21. The van der Waals surface area contributed by atoms with Crippen LogP contribution in [0.1, 0.15) is 34.2 Å². The lowest BCUT2D eigenvalue weighted by atomic mass is 10.0. The van der Waals surface area contributed by atoms with Gasteiger partial charge in [-0.2, -0.15) is 0 Å². The summed E-state index contributed by atoms with van der Waals surface area (Å²) in [6, 6.07) is 25.8. The number of aromatic amines is 1. The molecule has 1 unspecified atom stereocenters. The van der Waals surface area contributed by atoms with E-state index in [0.717, 1.165) is 16.6 Å². The van der Waals surface area contributed by atoms with Gasteiger partial charge in [-0.1, -0.05) is 60.7 Å². The van der Waals surface area contributed by atoms with Gasteiger partial charge >= 0.3 is 0 Å². The second kappa shape index (κ2) is 9.05. The first kappa shape index (κ1) is 19.4. The third-order valence-electron chi connectivity index (χ3n) is 4.82. The highest BCUT2D eigenvalue weighted by molar-refractivity contribution is 5.94. The highest BCUT2D eigenvalue weighted by Gasteiger charge is 2.19. The van der Waals surface area contributed by atoms with Crippen molar-refractivity contribution in [3.05, 3.63) is 102 Å². The molecule has 6 heteroatoms. The number of nitrogens with zero attached hydrogens (tertiary/aromatic N) is 1. The van der Waals surface area contributed by atoms with Crippen LogP contribution in [-0.2, 0) is 11.3 Å². The third-order valence-corrected chi connectivity index (χ3v) is 4.82. The van der Waals surface area contributed by atoms with Crippen molar-refractivity contribution in [3.8, 4) is 0 Å². The molecule has 0 aliphatic heterocycles. The van der Waals surface area contributed by atoms with Crippen LogP contribution in [0.3, 0.4) is 0 Å². The molecule has 0 bridgehead atoms. The van der Waals surface area contributed by atoms with Crippen molar-refractivity contribution in [3.63, 3.8) is 0 Å². The summed E-state index contributed by atoms with van der Waals surface area (Å²) in [5.74, 6) is 0.307. The maximum Gasteiger partial charge on any atom is 0.251 e. The van der Waals surface area contributed by atoms with Gasteiger partial charge in [-0.3, -0.25) is 9.59 Å². The Labute approximate surface area is 174 Å². The molecule has 0 aliphatic rings. The molecular formula is C24H22N4O2. The molecule has 30 heavy (non-hydrogen) atoms. The highest BCUT2D eigenvalue weighted by atomic mass is 16.2. The van der Waals surface area contributed by atoms with Gasteiger partial charge in [-0.25, -0.2) is 4.98 Å². The Balaban J connectivity index is 1.43. The summed E-state index contributed by atoms with van der Waals surface area (Å²) in [4.78, 5) is 32.9. The summed E-state index contributed by atoms with van der Waals surface area (Å²) in [6.07, 6.45) is 0.128. The SMILES string of the molecule is O=C(CC(NC(=O)c1ccccc1)c1ccccc1)NCc1nc2ccccc2[nH]1. The molecule has 1 aromatic heterocycles. The van der Waals surface area contributed by atoms with Crippen LogP contribution in [0.4, 0.5) is 0 Å². The second-order valence-corrected chi connectivity index (χ2v) is 6.98. The fourth-order valence-corrected chi connectivity index (χ4v) is 3.30. The van der Waals surface area contributed by atoms with Crippen LogP contribution >= 0.6 is 0 Å². The van der Waals surface area contributed by atoms with E-state index >= 15 is 0 Å². The molecule has 0 saturated heterocycles. The largest absolute Gasteiger partial charge is 0.349 e. The molecule has 2 amide bonds. The Morgan fingerprint density at radius 1 is 0.867 bits per heavy atom. The van der Waals surface area contributed by atoms with Gasteiger partial charge < -0.3 is 15.6 Å². The van der Waals surface area contributed by atoms with E-state index in [1.807, 2.05) is 72.8 Å². The van der Waals surface area contributed by atoms with Gasteiger partial charge in [0, 0.05) is 5.56 Å². The molecule has 3 N–H and O–H groups in total. The predicted molar refractivity (Wildman–Crippen MR) is 116 cm³/mol. The Kier molecular flexibility index (Phi) is 5.85. The van der Waals surface area contributed by atoms with Crippen molar-refractivity contribution in [2.75, 3.05) is 0 Å². The Morgan fingerprint density at radius 2 is 1.53 bits per heavy atom. The molecule has 6 nitrogen and oxygen atoms in total. The van der Waals surface area contributed by atoms with E-state index in [0.29, 0.717) is 17.9 Å². The number of hydrogen-bond acceptors (Lipinski definition) is 3. The quantitative estimate of drug-likeness (QED) is 0.443. The average molecular weight is 398 g/mol. The van der Waals surface area contributed by atoms with Crippen LogP contribution in [-0.4, -0.2) is 21.8 Å². The number of hydrogen-bond donors (Lipinski definition) is 3. The molecular weight excluding hydrogens is 376 g/mol. The number of fused-ring (bicyclic) bond motifs is 1. The van der Waals surface area contributed by atoms with E-state index in [9.17, 15) is 9.59 Å². The summed E-state index contributed by atoms with van der Waals surface area (Å²) in [5.41, 5.74) is 3.22. The maximum absolute atomic E-state index is 12.6. The number of carbonyl (C=O) groups is 2.